The van der Waals surface area contributed by atoms with E-state index in [0.29, 0.717) is 15.2 Å². The average Bonchev–Trinajstić information content (AvgIpc) is 2.85. The molecule has 118 valence electrons. The van der Waals surface area contributed by atoms with Crippen LogP contribution in [0, 0.1) is 0 Å². The van der Waals surface area contributed by atoms with Crippen molar-refractivity contribution in [2.75, 3.05) is 11.1 Å². The number of ether oxygens (including phenoxy) is 1. The standard InChI is InChI=1S/C11H9F3N4O2S2/c12-11(13,14)20-7-3-1-6(2-4-7)16-9-17-18-10(22-9)21-5-8(15)19/h1-4H,5H2,(H2,15,19)(H,16,17). The zero-order valence-electron chi connectivity index (χ0n) is 10.8. The van der Waals surface area contributed by atoms with Gasteiger partial charge in [-0.05, 0) is 24.3 Å². The van der Waals surface area contributed by atoms with Crippen molar-refractivity contribution in [1.82, 2.24) is 10.2 Å². The fourth-order valence-electron chi connectivity index (χ4n) is 1.31. The van der Waals surface area contributed by atoms with Crippen LogP contribution in [0.5, 0.6) is 5.75 Å². The first-order chi connectivity index (χ1) is 10.3. The molecule has 6 nitrogen and oxygen atoms in total. The predicted octanol–water partition coefficient (Wildman–Crippen LogP) is 2.76. The van der Waals surface area contributed by atoms with Gasteiger partial charge in [0.05, 0.1) is 5.75 Å². The first-order valence-corrected chi connectivity index (χ1v) is 7.49. The Hall–Kier alpha value is -2.01. The summed E-state index contributed by atoms with van der Waals surface area (Å²) in [6, 6.07) is 5.19. The minimum atomic E-state index is -4.72. The lowest BCUT2D eigenvalue weighted by atomic mass is 10.3. The van der Waals surface area contributed by atoms with Gasteiger partial charge < -0.3 is 15.8 Å². The van der Waals surface area contributed by atoms with Crippen molar-refractivity contribution in [3.05, 3.63) is 24.3 Å². The molecule has 0 aliphatic rings. The van der Waals surface area contributed by atoms with Gasteiger partial charge in [0, 0.05) is 5.69 Å². The molecule has 1 heterocycles. The van der Waals surface area contributed by atoms with Crippen LogP contribution < -0.4 is 15.8 Å². The maximum Gasteiger partial charge on any atom is 0.573 e. The van der Waals surface area contributed by atoms with Crippen LogP contribution in [-0.2, 0) is 4.79 Å². The van der Waals surface area contributed by atoms with E-state index < -0.39 is 12.3 Å². The van der Waals surface area contributed by atoms with Crippen LogP contribution in [0.15, 0.2) is 28.6 Å². The molecule has 0 fully saturated rings. The number of aromatic nitrogens is 2. The molecular weight excluding hydrogens is 341 g/mol. The van der Waals surface area contributed by atoms with Gasteiger partial charge in [-0.1, -0.05) is 23.1 Å². The molecule has 0 aliphatic heterocycles. The first kappa shape index (κ1) is 16.4. The van der Waals surface area contributed by atoms with E-state index in [0.717, 1.165) is 11.8 Å². The van der Waals surface area contributed by atoms with Gasteiger partial charge in [-0.25, -0.2) is 0 Å². The van der Waals surface area contributed by atoms with Crippen molar-refractivity contribution in [3.63, 3.8) is 0 Å². The van der Waals surface area contributed by atoms with Gasteiger partial charge in [0.1, 0.15) is 5.75 Å². The normalized spacial score (nSPS) is 11.2. The number of benzene rings is 1. The average molecular weight is 350 g/mol. The number of anilines is 2. The molecule has 2 rings (SSSR count). The van der Waals surface area contributed by atoms with Gasteiger partial charge in [0.2, 0.25) is 11.0 Å². The van der Waals surface area contributed by atoms with Crippen LogP contribution in [0.25, 0.3) is 0 Å². The van der Waals surface area contributed by atoms with Crippen molar-refractivity contribution in [2.45, 2.75) is 10.7 Å². The van der Waals surface area contributed by atoms with E-state index in [4.69, 9.17) is 5.73 Å². The summed E-state index contributed by atoms with van der Waals surface area (Å²) in [6.45, 7) is 0. The summed E-state index contributed by atoms with van der Waals surface area (Å²) in [5.74, 6) is -0.680. The van der Waals surface area contributed by atoms with E-state index in [-0.39, 0.29) is 11.5 Å². The lowest BCUT2D eigenvalue weighted by molar-refractivity contribution is -0.274. The Morgan fingerprint density at radius 3 is 2.59 bits per heavy atom. The van der Waals surface area contributed by atoms with E-state index in [2.05, 4.69) is 20.3 Å². The van der Waals surface area contributed by atoms with Gasteiger partial charge in [0.25, 0.3) is 0 Å². The third kappa shape index (κ3) is 5.41. The molecule has 0 bridgehead atoms. The Kier molecular flexibility index (Phi) is 5.08. The molecule has 1 aromatic carbocycles. The number of alkyl halides is 3. The van der Waals surface area contributed by atoms with E-state index in [1.165, 1.54) is 35.6 Å². The number of rotatable bonds is 6. The number of thioether (sulfide) groups is 1. The lowest BCUT2D eigenvalue weighted by Crippen LogP contribution is -2.16. The second-order valence-corrected chi connectivity index (χ2v) is 6.03. The second kappa shape index (κ2) is 6.83. The number of amides is 1. The minimum Gasteiger partial charge on any atom is -0.406 e. The number of hydrogen-bond acceptors (Lipinski definition) is 7. The van der Waals surface area contributed by atoms with E-state index in [1.54, 1.807) is 0 Å². The van der Waals surface area contributed by atoms with Gasteiger partial charge in [-0.15, -0.1) is 23.4 Å². The largest absolute Gasteiger partial charge is 0.573 e. The van der Waals surface area contributed by atoms with E-state index in [1.807, 2.05) is 0 Å². The van der Waals surface area contributed by atoms with Crippen molar-refractivity contribution in [3.8, 4) is 5.75 Å². The monoisotopic (exact) mass is 350 g/mol. The summed E-state index contributed by atoms with van der Waals surface area (Å²) in [5.41, 5.74) is 5.54. The Balaban J connectivity index is 1.95. The van der Waals surface area contributed by atoms with Crippen molar-refractivity contribution >= 4 is 39.8 Å². The number of halogens is 3. The number of carbonyl (C=O) groups is 1. The summed E-state index contributed by atoms with van der Waals surface area (Å²) in [6.07, 6.45) is -4.72. The van der Waals surface area contributed by atoms with Crippen LogP contribution in [0.2, 0.25) is 0 Å². The van der Waals surface area contributed by atoms with Crippen molar-refractivity contribution < 1.29 is 22.7 Å². The van der Waals surface area contributed by atoms with Crippen molar-refractivity contribution in [1.29, 1.82) is 0 Å². The number of primary amides is 1. The van der Waals surface area contributed by atoms with Gasteiger partial charge in [-0.2, -0.15) is 0 Å². The molecule has 0 spiro atoms. The molecule has 0 saturated carbocycles. The SMILES string of the molecule is NC(=O)CSc1nnc(Nc2ccc(OC(F)(F)F)cc2)s1. The molecular formula is C11H9F3N4O2S2. The van der Waals surface area contributed by atoms with Gasteiger partial charge >= 0.3 is 6.36 Å². The summed E-state index contributed by atoms with van der Waals surface area (Å²) in [4.78, 5) is 10.7. The van der Waals surface area contributed by atoms with Crippen LogP contribution >= 0.6 is 23.1 Å². The van der Waals surface area contributed by atoms with Crippen LogP contribution in [-0.4, -0.2) is 28.2 Å². The molecule has 0 aliphatic carbocycles. The Bertz CT molecular complexity index is 646. The summed E-state index contributed by atoms with van der Waals surface area (Å²) >= 11 is 2.35. The smallest absolute Gasteiger partial charge is 0.406 e. The number of hydrogen-bond donors (Lipinski definition) is 2. The minimum absolute atomic E-state index is 0.0953. The molecule has 1 aromatic heterocycles. The Morgan fingerprint density at radius 2 is 2.00 bits per heavy atom. The molecule has 0 atom stereocenters. The fourth-order valence-corrected chi connectivity index (χ4v) is 2.83. The van der Waals surface area contributed by atoms with Gasteiger partial charge in [0.15, 0.2) is 4.34 Å². The number of nitrogens with two attached hydrogens (primary N) is 1. The summed E-state index contributed by atoms with van der Waals surface area (Å²) in [5, 5.41) is 11.0. The Labute approximate surface area is 130 Å². The van der Waals surface area contributed by atoms with Crippen molar-refractivity contribution in [2.24, 2.45) is 5.73 Å². The third-order valence-corrected chi connectivity index (χ3v) is 4.08. The molecule has 0 saturated heterocycles. The molecule has 11 heteroatoms. The lowest BCUT2D eigenvalue weighted by Gasteiger charge is -2.09. The van der Waals surface area contributed by atoms with Gasteiger partial charge in [-0.3, -0.25) is 4.79 Å². The predicted molar refractivity (Wildman–Crippen MR) is 76.2 cm³/mol. The maximum absolute atomic E-state index is 12.0. The molecule has 0 radical (unpaired) electrons. The van der Waals surface area contributed by atoms with Crippen LogP contribution in [0.3, 0.4) is 0 Å². The number of carbonyl (C=O) groups excluding carboxylic acids is 1. The molecule has 2 aromatic rings. The van der Waals surface area contributed by atoms with Crippen LogP contribution in [0.4, 0.5) is 24.0 Å². The molecule has 3 N–H and O–H groups in total. The highest BCUT2D eigenvalue weighted by Gasteiger charge is 2.30. The topological polar surface area (TPSA) is 90.1 Å². The highest BCUT2D eigenvalue weighted by molar-refractivity contribution is 8.01. The van der Waals surface area contributed by atoms with E-state index in [9.17, 15) is 18.0 Å². The number of nitrogens with zero attached hydrogens (tertiary/aromatic N) is 2. The quantitative estimate of drug-likeness (QED) is 0.779. The third-order valence-electron chi connectivity index (χ3n) is 2.08. The molecule has 1 amide bonds. The Morgan fingerprint density at radius 1 is 1.32 bits per heavy atom. The molecule has 0 unspecified atom stereocenters. The highest BCUT2D eigenvalue weighted by Crippen LogP contribution is 2.29. The highest BCUT2D eigenvalue weighted by atomic mass is 32.2. The summed E-state index contributed by atoms with van der Waals surface area (Å²) in [7, 11) is 0. The summed E-state index contributed by atoms with van der Waals surface area (Å²) < 4.78 is 40.4. The first-order valence-electron chi connectivity index (χ1n) is 5.69. The zero-order valence-corrected chi connectivity index (χ0v) is 12.4. The maximum atomic E-state index is 12.0. The fraction of sp³-hybridized carbons (Fsp3) is 0.182. The zero-order chi connectivity index (χ0) is 16.2. The second-order valence-electron chi connectivity index (χ2n) is 3.83. The number of nitrogens with one attached hydrogen (secondary N) is 1. The van der Waals surface area contributed by atoms with E-state index >= 15 is 0 Å². The van der Waals surface area contributed by atoms with Crippen LogP contribution in [0.1, 0.15) is 0 Å². The molecule has 22 heavy (non-hydrogen) atoms.